The fraction of sp³-hybridized carbons (Fsp3) is 0.267. The van der Waals surface area contributed by atoms with E-state index in [1.165, 1.54) is 44.2 Å². The number of hydrogen-bond donors (Lipinski definition) is 0. The molecule has 3 aliphatic rings. The molecule has 0 spiro atoms. The van der Waals surface area contributed by atoms with Gasteiger partial charge in [0.1, 0.15) is 0 Å². The molecule has 1 heterocycles. The molecule has 3 aromatic rings. The van der Waals surface area contributed by atoms with Crippen LogP contribution in [-0.2, 0) is 9.31 Å². The van der Waals surface area contributed by atoms with Crippen LogP contribution in [0.5, 0.6) is 0 Å². The molecule has 3 aromatic carbocycles. The van der Waals surface area contributed by atoms with Gasteiger partial charge < -0.3 is 9.31 Å². The Hall–Kier alpha value is -2.88. The van der Waals surface area contributed by atoms with E-state index in [1.54, 1.807) is 0 Å². The van der Waals surface area contributed by atoms with Gasteiger partial charge in [0.15, 0.2) is 0 Å². The van der Waals surface area contributed by atoms with E-state index in [-0.39, 0.29) is 18.3 Å². The molecule has 0 amide bonds. The first-order valence-electron chi connectivity index (χ1n) is 11.9. The molecule has 2 nitrogen and oxygen atoms in total. The topological polar surface area (TPSA) is 18.5 Å². The molecule has 1 fully saturated rings. The fourth-order valence-electron chi connectivity index (χ4n) is 5.14. The van der Waals surface area contributed by atoms with Gasteiger partial charge in [-0.15, -0.1) is 0 Å². The van der Waals surface area contributed by atoms with E-state index in [0.29, 0.717) is 0 Å². The third kappa shape index (κ3) is 3.26. The highest BCUT2D eigenvalue weighted by atomic mass is 16.7. The maximum atomic E-state index is 6.38. The molecule has 3 heteroatoms. The van der Waals surface area contributed by atoms with Crippen LogP contribution in [-0.4, -0.2) is 18.3 Å². The van der Waals surface area contributed by atoms with Crippen LogP contribution in [0.25, 0.3) is 27.5 Å². The number of rotatable bonds is 2. The van der Waals surface area contributed by atoms with E-state index in [0.717, 1.165) is 18.3 Å². The van der Waals surface area contributed by atoms with Crippen molar-refractivity contribution in [2.45, 2.75) is 51.7 Å². The van der Waals surface area contributed by atoms with Crippen LogP contribution in [0, 0.1) is 0 Å². The van der Waals surface area contributed by atoms with Crippen molar-refractivity contribution < 1.29 is 9.31 Å². The van der Waals surface area contributed by atoms with Crippen molar-refractivity contribution >= 4 is 28.9 Å². The molecular weight excluding hydrogens is 403 g/mol. The smallest absolute Gasteiger partial charge is 0.399 e. The second-order valence-electron chi connectivity index (χ2n) is 10.4. The van der Waals surface area contributed by atoms with E-state index in [9.17, 15) is 0 Å². The van der Waals surface area contributed by atoms with Gasteiger partial charge in [0.2, 0.25) is 0 Å². The number of benzene rings is 3. The molecule has 0 atom stereocenters. The van der Waals surface area contributed by atoms with Gasteiger partial charge in [0.25, 0.3) is 0 Å². The van der Waals surface area contributed by atoms with E-state index < -0.39 is 0 Å². The van der Waals surface area contributed by atoms with Gasteiger partial charge in [-0.2, -0.15) is 0 Å². The molecule has 0 unspecified atom stereocenters. The minimum absolute atomic E-state index is 0.353. The van der Waals surface area contributed by atoms with Crippen molar-refractivity contribution in [2.24, 2.45) is 0 Å². The highest BCUT2D eigenvalue weighted by Crippen LogP contribution is 2.48. The van der Waals surface area contributed by atoms with Gasteiger partial charge in [-0.25, -0.2) is 0 Å². The zero-order valence-electron chi connectivity index (χ0n) is 19.8. The highest BCUT2D eigenvalue weighted by Gasteiger charge is 2.51. The summed E-state index contributed by atoms with van der Waals surface area (Å²) in [4.78, 5) is 0. The summed E-state index contributed by atoms with van der Waals surface area (Å²) in [6, 6.07) is 20.0. The summed E-state index contributed by atoms with van der Waals surface area (Å²) in [6.07, 6.45) is 11.2. The lowest BCUT2D eigenvalue weighted by atomic mass is 9.77. The largest absolute Gasteiger partial charge is 0.494 e. The minimum Gasteiger partial charge on any atom is -0.399 e. The summed E-state index contributed by atoms with van der Waals surface area (Å²) in [5.74, 6) is 0. The Morgan fingerprint density at radius 3 is 2.36 bits per heavy atom. The lowest BCUT2D eigenvalue weighted by Crippen LogP contribution is -2.41. The molecule has 164 valence electrons. The summed E-state index contributed by atoms with van der Waals surface area (Å²) in [5, 5.41) is 2.58. The quantitative estimate of drug-likeness (QED) is 0.323. The van der Waals surface area contributed by atoms with E-state index in [2.05, 4.69) is 107 Å². The van der Waals surface area contributed by atoms with E-state index >= 15 is 0 Å². The van der Waals surface area contributed by atoms with E-state index in [4.69, 9.17) is 9.31 Å². The predicted octanol–water partition coefficient (Wildman–Crippen LogP) is 6.83. The Bertz CT molecular complexity index is 1360. The Morgan fingerprint density at radius 1 is 0.848 bits per heavy atom. The van der Waals surface area contributed by atoms with Crippen molar-refractivity contribution in [1.82, 2.24) is 0 Å². The molecule has 6 rings (SSSR count). The normalized spacial score (nSPS) is 21.4. The second-order valence-corrected chi connectivity index (χ2v) is 10.4. The summed E-state index contributed by atoms with van der Waals surface area (Å²) >= 11 is 0. The van der Waals surface area contributed by atoms with Gasteiger partial charge in [0, 0.05) is 0 Å². The zero-order chi connectivity index (χ0) is 22.8. The van der Waals surface area contributed by atoms with Gasteiger partial charge in [-0.3, -0.25) is 0 Å². The van der Waals surface area contributed by atoms with Crippen molar-refractivity contribution in [3.63, 3.8) is 0 Å². The van der Waals surface area contributed by atoms with Gasteiger partial charge in [0.05, 0.1) is 11.2 Å². The molecule has 33 heavy (non-hydrogen) atoms. The molecule has 1 saturated heterocycles. The fourth-order valence-corrected chi connectivity index (χ4v) is 5.14. The van der Waals surface area contributed by atoms with Crippen LogP contribution in [0.15, 0.2) is 84.5 Å². The summed E-state index contributed by atoms with van der Waals surface area (Å²) in [6.45, 7) is 8.43. The van der Waals surface area contributed by atoms with Crippen molar-refractivity contribution in [3.8, 4) is 11.1 Å². The monoisotopic (exact) mass is 432 g/mol. The van der Waals surface area contributed by atoms with Crippen LogP contribution >= 0.6 is 0 Å². The van der Waals surface area contributed by atoms with Crippen LogP contribution in [0.3, 0.4) is 0 Å². The molecule has 1 aliphatic heterocycles. The summed E-state index contributed by atoms with van der Waals surface area (Å²) < 4.78 is 12.8. The van der Waals surface area contributed by atoms with Crippen LogP contribution in [0.4, 0.5) is 0 Å². The van der Waals surface area contributed by atoms with Gasteiger partial charge in [-0.05, 0) is 90.2 Å². The molecule has 0 aromatic heterocycles. The van der Waals surface area contributed by atoms with Crippen molar-refractivity contribution in [1.29, 1.82) is 0 Å². The predicted molar refractivity (Wildman–Crippen MR) is 139 cm³/mol. The SMILES string of the molecule is CC1(C)OB(c2ccc3c(c2)/C(=C/C2=CC=CCC2)c2ccc4ccccc4c2-3)OC1(C)C. The van der Waals surface area contributed by atoms with Gasteiger partial charge >= 0.3 is 7.12 Å². The van der Waals surface area contributed by atoms with Crippen LogP contribution in [0.2, 0.25) is 0 Å². The molecule has 0 bridgehead atoms. The lowest BCUT2D eigenvalue weighted by molar-refractivity contribution is 0.00578. The first kappa shape index (κ1) is 20.7. The average Bonchev–Trinajstić information content (AvgIpc) is 3.24. The Labute approximate surface area is 196 Å². The third-order valence-corrected chi connectivity index (χ3v) is 7.72. The molecular formula is C30H29BO2. The highest BCUT2D eigenvalue weighted by molar-refractivity contribution is 6.62. The number of allylic oxidation sites excluding steroid dienone is 5. The molecule has 0 radical (unpaired) electrons. The second kappa shape index (κ2) is 7.31. The standard InChI is InChI=1S/C30H29BO2/c1-29(2)30(3,4)33-31(32-29)22-15-17-25-27(19-22)26(18-20-10-6-5-7-11-20)24-16-14-21-12-8-9-13-23(21)28(24)25/h5-6,8-10,12-19H,7,11H2,1-4H3/b26-18+. The summed E-state index contributed by atoms with van der Waals surface area (Å²) in [5.41, 5.74) is 8.25. The molecule has 2 aliphatic carbocycles. The average molecular weight is 432 g/mol. The Morgan fingerprint density at radius 2 is 1.61 bits per heavy atom. The minimum atomic E-state index is -0.362. The Kier molecular flexibility index (Phi) is 4.59. The first-order valence-corrected chi connectivity index (χ1v) is 11.9. The lowest BCUT2D eigenvalue weighted by Gasteiger charge is -2.32. The zero-order valence-corrected chi connectivity index (χ0v) is 19.8. The van der Waals surface area contributed by atoms with Crippen LogP contribution in [0.1, 0.15) is 51.7 Å². The van der Waals surface area contributed by atoms with Crippen molar-refractivity contribution in [3.05, 3.63) is 95.6 Å². The maximum absolute atomic E-state index is 6.38. The first-order chi connectivity index (χ1) is 15.8. The Balaban J connectivity index is 1.54. The summed E-state index contributed by atoms with van der Waals surface area (Å²) in [7, 11) is -0.362. The third-order valence-electron chi connectivity index (χ3n) is 7.72. The molecule has 0 saturated carbocycles. The number of hydrogen-bond acceptors (Lipinski definition) is 2. The maximum Gasteiger partial charge on any atom is 0.494 e. The van der Waals surface area contributed by atoms with Gasteiger partial charge in [-0.1, -0.05) is 78.9 Å². The van der Waals surface area contributed by atoms with E-state index in [1.807, 2.05) is 0 Å². The molecule has 0 N–H and O–H groups in total. The number of fused-ring (bicyclic) bond motifs is 5. The van der Waals surface area contributed by atoms with Crippen LogP contribution < -0.4 is 5.46 Å². The van der Waals surface area contributed by atoms with Crippen molar-refractivity contribution in [2.75, 3.05) is 0 Å².